The molecule has 1 aliphatic carbocycles. The molecule has 0 aromatic carbocycles. The van der Waals surface area contributed by atoms with Crippen molar-refractivity contribution >= 4 is 0 Å². The standard InChI is InChI=1S/C16H28N2O/c1-14-9-10-16(19-14)13-18(2)12-11-17-15-7-5-3-4-6-8-15/h9-10,15,17H,3-8,11-13H2,1-2H3. The molecule has 2 rings (SSSR count). The molecule has 19 heavy (non-hydrogen) atoms. The molecule has 0 unspecified atom stereocenters. The third-order valence-corrected chi connectivity index (χ3v) is 4.00. The average molecular weight is 264 g/mol. The molecule has 1 saturated carbocycles. The monoisotopic (exact) mass is 264 g/mol. The summed E-state index contributed by atoms with van der Waals surface area (Å²) in [6.45, 7) is 5.06. The third kappa shape index (κ3) is 5.37. The Bertz CT molecular complexity index is 353. The molecular weight excluding hydrogens is 236 g/mol. The van der Waals surface area contributed by atoms with Crippen molar-refractivity contribution in [2.45, 2.75) is 58.0 Å². The number of nitrogens with one attached hydrogen (secondary N) is 1. The molecule has 108 valence electrons. The summed E-state index contributed by atoms with van der Waals surface area (Å²) in [4.78, 5) is 2.32. The van der Waals surface area contributed by atoms with Crippen molar-refractivity contribution in [2.75, 3.05) is 20.1 Å². The van der Waals surface area contributed by atoms with Gasteiger partial charge in [0.1, 0.15) is 11.5 Å². The summed E-state index contributed by atoms with van der Waals surface area (Å²) in [5.41, 5.74) is 0. The van der Waals surface area contributed by atoms with Gasteiger partial charge in [-0.05, 0) is 38.9 Å². The normalized spacial score (nSPS) is 17.8. The van der Waals surface area contributed by atoms with E-state index in [0.29, 0.717) is 0 Å². The van der Waals surface area contributed by atoms with Crippen LogP contribution in [0.5, 0.6) is 0 Å². The summed E-state index contributed by atoms with van der Waals surface area (Å²) < 4.78 is 5.60. The topological polar surface area (TPSA) is 28.4 Å². The van der Waals surface area contributed by atoms with Crippen LogP contribution in [-0.4, -0.2) is 31.1 Å². The van der Waals surface area contributed by atoms with Crippen LogP contribution in [0.15, 0.2) is 16.5 Å². The smallest absolute Gasteiger partial charge is 0.118 e. The van der Waals surface area contributed by atoms with Gasteiger partial charge in [-0.15, -0.1) is 0 Å². The highest BCUT2D eigenvalue weighted by molar-refractivity contribution is 5.05. The van der Waals surface area contributed by atoms with Crippen LogP contribution in [0, 0.1) is 6.92 Å². The molecule has 0 spiro atoms. The Morgan fingerprint density at radius 1 is 1.21 bits per heavy atom. The summed E-state index contributed by atoms with van der Waals surface area (Å²) in [5.74, 6) is 2.06. The van der Waals surface area contributed by atoms with E-state index in [9.17, 15) is 0 Å². The van der Waals surface area contributed by atoms with Crippen molar-refractivity contribution in [3.63, 3.8) is 0 Å². The molecule has 0 atom stereocenters. The zero-order valence-corrected chi connectivity index (χ0v) is 12.5. The number of likely N-dealkylation sites (N-methyl/N-ethyl adjacent to an activating group) is 1. The van der Waals surface area contributed by atoms with Gasteiger partial charge in [-0.1, -0.05) is 25.7 Å². The van der Waals surface area contributed by atoms with E-state index in [4.69, 9.17) is 4.42 Å². The number of furan rings is 1. The van der Waals surface area contributed by atoms with Crippen molar-refractivity contribution in [3.8, 4) is 0 Å². The van der Waals surface area contributed by atoms with E-state index in [2.05, 4.69) is 23.3 Å². The maximum Gasteiger partial charge on any atom is 0.118 e. The van der Waals surface area contributed by atoms with Crippen LogP contribution in [-0.2, 0) is 6.54 Å². The highest BCUT2D eigenvalue weighted by Crippen LogP contribution is 2.17. The van der Waals surface area contributed by atoms with E-state index in [1.165, 1.54) is 38.5 Å². The average Bonchev–Trinajstić information content (AvgIpc) is 2.65. The van der Waals surface area contributed by atoms with Gasteiger partial charge in [0.25, 0.3) is 0 Å². The second-order valence-corrected chi connectivity index (χ2v) is 5.89. The molecule has 1 aliphatic rings. The Balaban J connectivity index is 1.61. The zero-order chi connectivity index (χ0) is 13.5. The number of rotatable bonds is 6. The van der Waals surface area contributed by atoms with E-state index >= 15 is 0 Å². The van der Waals surface area contributed by atoms with Crippen molar-refractivity contribution in [2.24, 2.45) is 0 Å². The van der Waals surface area contributed by atoms with Gasteiger partial charge in [0.15, 0.2) is 0 Å². The minimum Gasteiger partial charge on any atom is -0.465 e. The number of nitrogens with zero attached hydrogens (tertiary/aromatic N) is 1. The lowest BCUT2D eigenvalue weighted by molar-refractivity contribution is 0.284. The quantitative estimate of drug-likeness (QED) is 0.799. The lowest BCUT2D eigenvalue weighted by Gasteiger charge is -2.20. The van der Waals surface area contributed by atoms with Gasteiger partial charge in [0.05, 0.1) is 6.54 Å². The summed E-state index contributed by atoms with van der Waals surface area (Å²) in [6.07, 6.45) is 8.38. The van der Waals surface area contributed by atoms with Gasteiger partial charge >= 0.3 is 0 Å². The first-order valence-electron chi connectivity index (χ1n) is 7.71. The van der Waals surface area contributed by atoms with E-state index in [1.807, 2.05) is 13.0 Å². The lowest BCUT2D eigenvalue weighted by Crippen LogP contribution is -2.35. The van der Waals surface area contributed by atoms with Gasteiger partial charge in [-0.25, -0.2) is 0 Å². The summed E-state index contributed by atoms with van der Waals surface area (Å²) in [5, 5.41) is 3.71. The van der Waals surface area contributed by atoms with Gasteiger partial charge in [-0.2, -0.15) is 0 Å². The maximum atomic E-state index is 5.60. The van der Waals surface area contributed by atoms with Gasteiger partial charge < -0.3 is 9.73 Å². The largest absolute Gasteiger partial charge is 0.465 e. The highest BCUT2D eigenvalue weighted by atomic mass is 16.3. The molecule has 3 heteroatoms. The molecule has 1 N–H and O–H groups in total. The highest BCUT2D eigenvalue weighted by Gasteiger charge is 2.11. The summed E-state index contributed by atoms with van der Waals surface area (Å²) in [6, 6.07) is 4.86. The molecule has 1 aromatic rings. The molecular formula is C16H28N2O. The molecule has 0 amide bonds. The van der Waals surface area contributed by atoms with Crippen LogP contribution < -0.4 is 5.32 Å². The minimum absolute atomic E-state index is 0.752. The Hall–Kier alpha value is -0.800. The van der Waals surface area contributed by atoms with E-state index < -0.39 is 0 Å². The lowest BCUT2D eigenvalue weighted by atomic mass is 10.1. The van der Waals surface area contributed by atoms with E-state index in [0.717, 1.165) is 37.2 Å². The van der Waals surface area contributed by atoms with E-state index in [1.54, 1.807) is 0 Å². The number of aryl methyl sites for hydroxylation is 1. The zero-order valence-electron chi connectivity index (χ0n) is 12.5. The molecule has 0 radical (unpaired) electrons. The molecule has 0 bridgehead atoms. The fourth-order valence-corrected chi connectivity index (χ4v) is 2.86. The molecule has 0 saturated heterocycles. The summed E-state index contributed by atoms with van der Waals surface area (Å²) in [7, 11) is 2.16. The van der Waals surface area contributed by atoms with Gasteiger partial charge in [0.2, 0.25) is 0 Å². The third-order valence-electron chi connectivity index (χ3n) is 4.00. The molecule has 1 heterocycles. The number of hydrogen-bond acceptors (Lipinski definition) is 3. The number of hydrogen-bond donors (Lipinski definition) is 1. The van der Waals surface area contributed by atoms with Gasteiger partial charge in [-0.3, -0.25) is 4.90 Å². The van der Waals surface area contributed by atoms with Crippen LogP contribution in [0.3, 0.4) is 0 Å². The fourth-order valence-electron chi connectivity index (χ4n) is 2.86. The van der Waals surface area contributed by atoms with Crippen LogP contribution in [0.1, 0.15) is 50.0 Å². The first-order valence-corrected chi connectivity index (χ1v) is 7.71. The van der Waals surface area contributed by atoms with Crippen molar-refractivity contribution in [1.82, 2.24) is 10.2 Å². The fraction of sp³-hybridized carbons (Fsp3) is 0.750. The van der Waals surface area contributed by atoms with Crippen LogP contribution >= 0.6 is 0 Å². The second kappa shape index (κ2) is 7.71. The van der Waals surface area contributed by atoms with Crippen LogP contribution in [0.25, 0.3) is 0 Å². The van der Waals surface area contributed by atoms with Crippen molar-refractivity contribution < 1.29 is 4.42 Å². The van der Waals surface area contributed by atoms with Crippen LogP contribution in [0.4, 0.5) is 0 Å². The summed E-state index contributed by atoms with van der Waals surface area (Å²) >= 11 is 0. The predicted octanol–water partition coefficient (Wildman–Crippen LogP) is 3.33. The SMILES string of the molecule is Cc1ccc(CN(C)CCNC2CCCCCC2)o1. The first kappa shape index (κ1) is 14.6. The van der Waals surface area contributed by atoms with Crippen molar-refractivity contribution in [1.29, 1.82) is 0 Å². The maximum absolute atomic E-state index is 5.60. The van der Waals surface area contributed by atoms with Crippen molar-refractivity contribution in [3.05, 3.63) is 23.7 Å². The Morgan fingerprint density at radius 2 is 1.95 bits per heavy atom. The Kier molecular flexibility index (Phi) is 5.93. The van der Waals surface area contributed by atoms with Crippen LogP contribution in [0.2, 0.25) is 0 Å². The Labute approximate surface area is 117 Å². The van der Waals surface area contributed by atoms with Gasteiger partial charge in [0, 0.05) is 19.1 Å². The second-order valence-electron chi connectivity index (χ2n) is 5.89. The molecule has 0 aliphatic heterocycles. The predicted molar refractivity (Wildman–Crippen MR) is 79.3 cm³/mol. The molecule has 1 aromatic heterocycles. The minimum atomic E-state index is 0.752. The molecule has 1 fully saturated rings. The Morgan fingerprint density at radius 3 is 2.58 bits per heavy atom. The van der Waals surface area contributed by atoms with E-state index in [-0.39, 0.29) is 0 Å². The first-order chi connectivity index (χ1) is 9.24. The molecule has 3 nitrogen and oxygen atoms in total.